The molecule has 4 heteroatoms. The van der Waals surface area contributed by atoms with E-state index in [1.807, 2.05) is 55.5 Å². The summed E-state index contributed by atoms with van der Waals surface area (Å²) in [5, 5.41) is 13.2. The van der Waals surface area contributed by atoms with Crippen LogP contribution in [0.3, 0.4) is 0 Å². The van der Waals surface area contributed by atoms with Crippen molar-refractivity contribution in [3.8, 4) is 5.75 Å². The summed E-state index contributed by atoms with van der Waals surface area (Å²) in [6.07, 6.45) is -0.550. The van der Waals surface area contributed by atoms with Crippen LogP contribution in [-0.2, 0) is 0 Å². The van der Waals surface area contributed by atoms with Gasteiger partial charge < -0.3 is 15.2 Å². The highest BCUT2D eigenvalue weighted by Crippen LogP contribution is 2.18. The van der Waals surface area contributed by atoms with Gasteiger partial charge in [-0.05, 0) is 53.3 Å². The molecule has 0 aliphatic rings. The molecule has 0 saturated carbocycles. The lowest BCUT2D eigenvalue weighted by atomic mass is 10.2. The lowest BCUT2D eigenvalue weighted by molar-refractivity contribution is 0.117. The molecule has 106 valence electrons. The van der Waals surface area contributed by atoms with Crippen LogP contribution in [0.1, 0.15) is 5.56 Å². The van der Waals surface area contributed by atoms with Gasteiger partial charge in [0.05, 0.1) is 0 Å². The minimum atomic E-state index is -0.550. The van der Waals surface area contributed by atoms with Gasteiger partial charge in [0.25, 0.3) is 0 Å². The molecule has 0 aliphatic carbocycles. The molecule has 0 heterocycles. The van der Waals surface area contributed by atoms with E-state index in [1.54, 1.807) is 0 Å². The summed E-state index contributed by atoms with van der Waals surface area (Å²) in [6, 6.07) is 15.8. The first-order valence-corrected chi connectivity index (χ1v) is 7.59. The maximum absolute atomic E-state index is 9.96. The lowest BCUT2D eigenvalue weighted by Gasteiger charge is -2.15. The molecule has 2 aromatic rings. The van der Waals surface area contributed by atoms with Gasteiger partial charge in [-0.25, -0.2) is 0 Å². The van der Waals surface area contributed by atoms with Crippen molar-refractivity contribution >= 4 is 28.3 Å². The number of para-hydroxylation sites is 2. The summed E-state index contributed by atoms with van der Waals surface area (Å²) in [6.45, 7) is 2.74. The van der Waals surface area contributed by atoms with Crippen molar-refractivity contribution in [3.05, 3.63) is 57.7 Å². The lowest BCUT2D eigenvalue weighted by Crippen LogP contribution is -2.26. The molecule has 0 aliphatic heterocycles. The van der Waals surface area contributed by atoms with E-state index in [1.165, 1.54) is 0 Å². The standard InChI is InChI=1S/C16H18INO2/c1-12-6-2-5-9-16(12)20-11-13(19)10-18-15-8-4-3-7-14(15)17/h2-9,13,18-19H,10-11H2,1H3. The Kier molecular flexibility index (Phi) is 5.67. The second-order valence-corrected chi connectivity index (χ2v) is 5.75. The van der Waals surface area contributed by atoms with Crippen LogP contribution < -0.4 is 10.1 Å². The normalized spacial score (nSPS) is 11.9. The van der Waals surface area contributed by atoms with Gasteiger partial charge in [0.15, 0.2) is 0 Å². The Morgan fingerprint density at radius 2 is 1.85 bits per heavy atom. The highest BCUT2D eigenvalue weighted by atomic mass is 127. The summed E-state index contributed by atoms with van der Waals surface area (Å²) >= 11 is 2.27. The van der Waals surface area contributed by atoms with Crippen LogP contribution in [0.5, 0.6) is 5.75 Å². The molecule has 2 N–H and O–H groups in total. The van der Waals surface area contributed by atoms with Crippen LogP contribution in [0.25, 0.3) is 0 Å². The van der Waals surface area contributed by atoms with Crippen molar-refractivity contribution in [1.29, 1.82) is 0 Å². The summed E-state index contributed by atoms with van der Waals surface area (Å²) in [7, 11) is 0. The van der Waals surface area contributed by atoms with Gasteiger partial charge in [-0.3, -0.25) is 0 Å². The number of anilines is 1. The molecule has 2 rings (SSSR count). The monoisotopic (exact) mass is 383 g/mol. The molecule has 0 fully saturated rings. The van der Waals surface area contributed by atoms with Gasteiger partial charge in [-0.1, -0.05) is 30.3 Å². The first kappa shape index (κ1) is 15.1. The topological polar surface area (TPSA) is 41.5 Å². The van der Waals surface area contributed by atoms with E-state index in [0.717, 1.165) is 20.6 Å². The number of aliphatic hydroxyl groups excluding tert-OH is 1. The number of aryl methyl sites for hydroxylation is 1. The van der Waals surface area contributed by atoms with E-state index in [0.29, 0.717) is 6.54 Å². The van der Waals surface area contributed by atoms with Gasteiger partial charge >= 0.3 is 0 Å². The summed E-state index contributed by atoms with van der Waals surface area (Å²) < 4.78 is 6.76. The first-order valence-electron chi connectivity index (χ1n) is 6.51. The smallest absolute Gasteiger partial charge is 0.122 e. The minimum absolute atomic E-state index is 0.279. The molecule has 20 heavy (non-hydrogen) atoms. The van der Waals surface area contributed by atoms with E-state index in [-0.39, 0.29) is 6.61 Å². The Morgan fingerprint density at radius 3 is 2.60 bits per heavy atom. The SMILES string of the molecule is Cc1ccccc1OCC(O)CNc1ccccc1I. The molecule has 1 unspecified atom stereocenters. The largest absolute Gasteiger partial charge is 0.491 e. The zero-order valence-corrected chi connectivity index (χ0v) is 13.5. The third-order valence-corrected chi connectivity index (χ3v) is 3.87. The van der Waals surface area contributed by atoms with Gasteiger partial charge in [0, 0.05) is 15.8 Å². The number of halogens is 1. The second kappa shape index (κ2) is 7.50. The number of nitrogens with one attached hydrogen (secondary N) is 1. The molecule has 2 aromatic carbocycles. The third kappa shape index (κ3) is 4.38. The van der Waals surface area contributed by atoms with Crippen molar-refractivity contribution in [1.82, 2.24) is 0 Å². The maximum Gasteiger partial charge on any atom is 0.122 e. The average molecular weight is 383 g/mol. The molecule has 0 amide bonds. The Hall–Kier alpha value is -1.27. The van der Waals surface area contributed by atoms with E-state index >= 15 is 0 Å². The van der Waals surface area contributed by atoms with E-state index < -0.39 is 6.10 Å². The Morgan fingerprint density at radius 1 is 1.15 bits per heavy atom. The Bertz CT molecular complexity index is 510. The first-order chi connectivity index (χ1) is 9.66. The van der Waals surface area contributed by atoms with E-state index in [2.05, 4.69) is 27.9 Å². The van der Waals surface area contributed by atoms with Crippen molar-refractivity contribution in [3.63, 3.8) is 0 Å². The maximum atomic E-state index is 9.96. The fourth-order valence-electron chi connectivity index (χ4n) is 1.80. The zero-order chi connectivity index (χ0) is 14.4. The van der Waals surface area contributed by atoms with Crippen molar-refractivity contribution in [2.75, 3.05) is 18.5 Å². The van der Waals surface area contributed by atoms with Crippen LogP contribution in [-0.4, -0.2) is 24.4 Å². The fraction of sp³-hybridized carbons (Fsp3) is 0.250. The second-order valence-electron chi connectivity index (χ2n) is 4.59. The predicted octanol–water partition coefficient (Wildman–Crippen LogP) is 3.45. The molecule has 0 bridgehead atoms. The molecule has 0 radical (unpaired) electrons. The molecular weight excluding hydrogens is 365 g/mol. The van der Waals surface area contributed by atoms with E-state index in [9.17, 15) is 5.11 Å². The Balaban J connectivity index is 1.80. The van der Waals surface area contributed by atoms with Crippen molar-refractivity contribution in [2.45, 2.75) is 13.0 Å². The third-order valence-electron chi connectivity index (χ3n) is 2.93. The van der Waals surface area contributed by atoms with Gasteiger partial charge in [0.1, 0.15) is 18.5 Å². The van der Waals surface area contributed by atoms with E-state index in [4.69, 9.17) is 4.74 Å². The van der Waals surface area contributed by atoms with Crippen LogP contribution in [0.2, 0.25) is 0 Å². The molecule has 0 aromatic heterocycles. The molecule has 3 nitrogen and oxygen atoms in total. The highest BCUT2D eigenvalue weighted by Gasteiger charge is 2.07. The van der Waals surface area contributed by atoms with Gasteiger partial charge in [-0.2, -0.15) is 0 Å². The fourth-order valence-corrected chi connectivity index (χ4v) is 2.37. The number of ether oxygens (including phenoxy) is 1. The van der Waals surface area contributed by atoms with Gasteiger partial charge in [0.2, 0.25) is 0 Å². The molecule has 0 spiro atoms. The average Bonchev–Trinajstić information content (AvgIpc) is 2.45. The summed E-state index contributed by atoms with van der Waals surface area (Å²) in [4.78, 5) is 0. The predicted molar refractivity (Wildman–Crippen MR) is 90.3 cm³/mol. The number of benzene rings is 2. The van der Waals surface area contributed by atoms with Gasteiger partial charge in [-0.15, -0.1) is 0 Å². The van der Waals surface area contributed by atoms with Crippen LogP contribution in [0, 0.1) is 10.5 Å². The van der Waals surface area contributed by atoms with Crippen LogP contribution in [0.15, 0.2) is 48.5 Å². The summed E-state index contributed by atoms with van der Waals surface area (Å²) in [5.41, 5.74) is 2.10. The van der Waals surface area contributed by atoms with Crippen LogP contribution >= 0.6 is 22.6 Å². The highest BCUT2D eigenvalue weighted by molar-refractivity contribution is 14.1. The molecular formula is C16H18INO2. The quantitative estimate of drug-likeness (QED) is 0.751. The number of rotatable bonds is 6. The zero-order valence-electron chi connectivity index (χ0n) is 11.3. The van der Waals surface area contributed by atoms with Crippen molar-refractivity contribution in [2.24, 2.45) is 0 Å². The summed E-state index contributed by atoms with van der Waals surface area (Å²) in [5.74, 6) is 0.820. The van der Waals surface area contributed by atoms with Crippen molar-refractivity contribution < 1.29 is 9.84 Å². The Labute approximate surface area is 133 Å². The van der Waals surface area contributed by atoms with Crippen LogP contribution in [0.4, 0.5) is 5.69 Å². The molecule has 0 saturated heterocycles. The molecule has 1 atom stereocenters. The number of aliphatic hydroxyl groups is 1. The number of hydrogen-bond acceptors (Lipinski definition) is 3. The minimum Gasteiger partial charge on any atom is -0.491 e. The number of hydrogen-bond donors (Lipinski definition) is 2.